The number of nitrogens with zero attached hydrogens (tertiary/aromatic N) is 2. The first-order chi connectivity index (χ1) is 15.1. The second kappa shape index (κ2) is 8.16. The van der Waals surface area contributed by atoms with Gasteiger partial charge in [0.05, 0.1) is 11.7 Å². The first-order valence-electron chi connectivity index (χ1n) is 10.6. The summed E-state index contributed by atoms with van der Waals surface area (Å²) in [5.41, 5.74) is 1.64. The number of aromatic hydroxyl groups is 1. The molecule has 3 unspecified atom stereocenters. The molecule has 0 radical (unpaired) electrons. The number of likely N-dealkylation sites (tertiary alicyclic amines) is 1. The Morgan fingerprint density at radius 2 is 2.00 bits per heavy atom. The molecule has 2 bridgehead atoms. The molecule has 32 heavy (non-hydrogen) atoms. The van der Waals surface area contributed by atoms with Gasteiger partial charge in [0.25, 0.3) is 0 Å². The fourth-order valence-electron chi connectivity index (χ4n) is 5.34. The molecule has 4 rings (SSSR count). The molecule has 8 heteroatoms. The molecule has 170 valence electrons. The van der Waals surface area contributed by atoms with Crippen LogP contribution in [0.2, 0.25) is 0 Å². The van der Waals surface area contributed by atoms with E-state index < -0.39 is 24.0 Å². The van der Waals surface area contributed by atoms with Gasteiger partial charge in [0.1, 0.15) is 23.8 Å². The molecule has 6 nitrogen and oxygen atoms in total. The van der Waals surface area contributed by atoms with Crippen LogP contribution in [0.25, 0.3) is 0 Å². The number of nitrogens with one attached hydrogen (secondary N) is 1. The van der Waals surface area contributed by atoms with Crippen molar-refractivity contribution >= 4 is 17.5 Å². The third-order valence-corrected chi connectivity index (χ3v) is 7.03. The second-order valence-corrected chi connectivity index (χ2v) is 9.06. The molecule has 2 aromatic carbocycles. The lowest BCUT2D eigenvalue weighted by molar-refractivity contribution is -0.139. The Kier molecular flexibility index (Phi) is 5.67. The summed E-state index contributed by atoms with van der Waals surface area (Å²) in [6.07, 6.45) is 1.08. The van der Waals surface area contributed by atoms with Gasteiger partial charge in [-0.15, -0.1) is 0 Å². The van der Waals surface area contributed by atoms with Crippen LogP contribution in [-0.2, 0) is 21.4 Å². The van der Waals surface area contributed by atoms with E-state index in [4.69, 9.17) is 0 Å². The zero-order chi connectivity index (χ0) is 23.2. The molecule has 1 aliphatic carbocycles. The number of carbonyl (C=O) groups excluding carboxylic acids is 2. The summed E-state index contributed by atoms with van der Waals surface area (Å²) in [5.74, 6) is -2.50. The van der Waals surface area contributed by atoms with Gasteiger partial charge in [-0.3, -0.25) is 9.59 Å². The molecule has 1 fully saturated rings. The maximum absolute atomic E-state index is 13.8. The summed E-state index contributed by atoms with van der Waals surface area (Å²) in [6.45, 7) is 2.96. The fraction of sp³-hybridized carbons (Fsp3) is 0.417. The van der Waals surface area contributed by atoms with Gasteiger partial charge in [-0.05, 0) is 61.8 Å². The number of anilines is 1. The highest BCUT2D eigenvalue weighted by Crippen LogP contribution is 2.47. The monoisotopic (exact) mass is 443 g/mol. The highest BCUT2D eigenvalue weighted by molar-refractivity contribution is 6.03. The highest BCUT2D eigenvalue weighted by atomic mass is 19.1. The first-order valence-corrected chi connectivity index (χ1v) is 10.6. The minimum atomic E-state index is -0.897. The predicted molar refractivity (Wildman–Crippen MR) is 116 cm³/mol. The smallest absolute Gasteiger partial charge is 0.233 e. The number of phenolic OH excluding ortho intramolecular Hbond substituents is 1. The molecular formula is C24H27F2N3O3. The summed E-state index contributed by atoms with van der Waals surface area (Å²) < 4.78 is 26.9. The Labute approximate surface area is 185 Å². The molecule has 1 aliphatic heterocycles. The van der Waals surface area contributed by atoms with Crippen molar-refractivity contribution in [3.05, 3.63) is 59.2 Å². The molecule has 1 saturated heterocycles. The van der Waals surface area contributed by atoms with Crippen LogP contribution >= 0.6 is 0 Å². The van der Waals surface area contributed by atoms with Crippen molar-refractivity contribution in [1.82, 2.24) is 9.80 Å². The minimum absolute atomic E-state index is 0.0670. The summed E-state index contributed by atoms with van der Waals surface area (Å²) in [5, 5.41) is 12.4. The largest absolute Gasteiger partial charge is 0.508 e. The van der Waals surface area contributed by atoms with Gasteiger partial charge in [0.15, 0.2) is 0 Å². The van der Waals surface area contributed by atoms with Gasteiger partial charge >= 0.3 is 0 Å². The van der Waals surface area contributed by atoms with Crippen LogP contribution in [0.15, 0.2) is 36.4 Å². The Hall–Kier alpha value is -3.00. The number of carbonyl (C=O) groups is 2. The summed E-state index contributed by atoms with van der Waals surface area (Å²) in [7, 11) is 3.72. The van der Waals surface area contributed by atoms with E-state index in [1.807, 2.05) is 13.1 Å². The predicted octanol–water partition coefficient (Wildman–Crippen LogP) is 3.04. The number of hydrogen-bond acceptors (Lipinski definition) is 4. The number of likely N-dealkylation sites (N-methyl/N-ethyl adjacent to an activating group) is 2. The van der Waals surface area contributed by atoms with E-state index in [0.29, 0.717) is 6.07 Å². The van der Waals surface area contributed by atoms with Crippen molar-refractivity contribution in [2.75, 3.05) is 26.0 Å². The maximum atomic E-state index is 13.8. The Balaban J connectivity index is 1.55. The van der Waals surface area contributed by atoms with E-state index in [0.717, 1.165) is 42.6 Å². The lowest BCUT2D eigenvalue weighted by atomic mass is 9.61. The van der Waals surface area contributed by atoms with Gasteiger partial charge in [-0.1, -0.05) is 13.0 Å². The molecule has 0 spiro atoms. The molecule has 1 heterocycles. The lowest BCUT2D eigenvalue weighted by Gasteiger charge is -2.57. The van der Waals surface area contributed by atoms with Gasteiger partial charge < -0.3 is 20.2 Å². The van der Waals surface area contributed by atoms with Crippen molar-refractivity contribution in [3.8, 4) is 5.75 Å². The van der Waals surface area contributed by atoms with Crippen LogP contribution < -0.4 is 5.32 Å². The molecule has 2 N–H and O–H groups in total. The zero-order valence-corrected chi connectivity index (χ0v) is 18.4. The van der Waals surface area contributed by atoms with Crippen LogP contribution in [0.1, 0.15) is 30.9 Å². The Bertz CT molecular complexity index is 1080. The molecule has 0 saturated carbocycles. The lowest BCUT2D eigenvalue weighted by Crippen LogP contribution is -2.67. The van der Waals surface area contributed by atoms with Crippen LogP contribution in [0.5, 0.6) is 5.75 Å². The van der Waals surface area contributed by atoms with Crippen LogP contribution in [0.3, 0.4) is 0 Å². The number of rotatable bonds is 4. The van der Waals surface area contributed by atoms with Crippen molar-refractivity contribution in [1.29, 1.82) is 0 Å². The maximum Gasteiger partial charge on any atom is 0.233 e. The van der Waals surface area contributed by atoms with Gasteiger partial charge in [-0.25, -0.2) is 8.78 Å². The zero-order valence-electron chi connectivity index (χ0n) is 18.4. The second-order valence-electron chi connectivity index (χ2n) is 9.06. The minimum Gasteiger partial charge on any atom is -0.508 e. The number of fused-ring (bicyclic) bond motifs is 4. The molecule has 2 aromatic rings. The van der Waals surface area contributed by atoms with Gasteiger partial charge in [0.2, 0.25) is 11.8 Å². The third kappa shape index (κ3) is 3.83. The number of amides is 2. The SMILES string of the molecule is CN1CCC2(C)c3cc(O)ccc3CC1C2N(C)C(=O)CC(=O)Nc1ccc(F)cc1F. The molecule has 3 atom stereocenters. The van der Waals surface area contributed by atoms with E-state index in [1.165, 1.54) is 0 Å². The highest BCUT2D eigenvalue weighted by Gasteiger charge is 2.52. The Morgan fingerprint density at radius 3 is 2.72 bits per heavy atom. The van der Waals surface area contributed by atoms with Crippen LogP contribution in [-0.4, -0.2) is 59.4 Å². The third-order valence-electron chi connectivity index (χ3n) is 7.03. The van der Waals surface area contributed by atoms with Crippen molar-refractivity contribution in [2.45, 2.75) is 43.7 Å². The van der Waals surface area contributed by atoms with E-state index in [-0.39, 0.29) is 34.8 Å². The van der Waals surface area contributed by atoms with Crippen molar-refractivity contribution in [2.24, 2.45) is 0 Å². The van der Waals surface area contributed by atoms with Crippen LogP contribution in [0.4, 0.5) is 14.5 Å². The fourth-order valence-corrected chi connectivity index (χ4v) is 5.34. The average Bonchev–Trinajstić information content (AvgIpc) is 2.73. The number of hydrogen-bond donors (Lipinski definition) is 2. The van der Waals surface area contributed by atoms with E-state index in [2.05, 4.69) is 17.1 Å². The summed E-state index contributed by atoms with van der Waals surface area (Å²) >= 11 is 0. The molecule has 2 aliphatic rings. The van der Waals surface area contributed by atoms with E-state index in [1.54, 1.807) is 24.1 Å². The van der Waals surface area contributed by atoms with Gasteiger partial charge in [0, 0.05) is 24.6 Å². The van der Waals surface area contributed by atoms with Crippen molar-refractivity contribution < 1.29 is 23.5 Å². The molecular weight excluding hydrogens is 416 g/mol. The quantitative estimate of drug-likeness (QED) is 0.713. The molecule has 0 aromatic heterocycles. The number of phenols is 1. The molecule has 2 amide bonds. The summed E-state index contributed by atoms with van der Waals surface area (Å²) in [4.78, 5) is 29.4. The average molecular weight is 443 g/mol. The van der Waals surface area contributed by atoms with E-state index >= 15 is 0 Å². The van der Waals surface area contributed by atoms with E-state index in [9.17, 15) is 23.5 Å². The normalized spacial score (nSPS) is 24.5. The van der Waals surface area contributed by atoms with Crippen LogP contribution in [0, 0.1) is 11.6 Å². The Morgan fingerprint density at radius 1 is 1.25 bits per heavy atom. The number of halogens is 2. The number of piperidine rings is 1. The number of benzene rings is 2. The standard InChI is InChI=1S/C24H27F2N3O3/c1-24-8-9-28(2)20(10-14-4-6-16(30)12-17(14)24)23(24)29(3)22(32)13-21(31)27-19-7-5-15(25)11-18(19)26/h4-7,11-12,20,23,30H,8-10,13H2,1-3H3,(H,27,31). The van der Waals surface area contributed by atoms with Crippen molar-refractivity contribution in [3.63, 3.8) is 0 Å². The topological polar surface area (TPSA) is 72.9 Å². The first kappa shape index (κ1) is 22.2. The van der Waals surface area contributed by atoms with Gasteiger partial charge in [-0.2, -0.15) is 0 Å². The summed E-state index contributed by atoms with van der Waals surface area (Å²) in [6, 6.07) is 8.13.